The van der Waals surface area contributed by atoms with Crippen LogP contribution >= 0.6 is 0 Å². The van der Waals surface area contributed by atoms with Crippen molar-refractivity contribution in [2.45, 2.75) is 25.0 Å². The molecule has 0 N–H and O–H groups in total. The molecule has 1 saturated heterocycles. The van der Waals surface area contributed by atoms with Gasteiger partial charge in [-0.1, -0.05) is 0 Å². The van der Waals surface area contributed by atoms with E-state index in [4.69, 9.17) is 0 Å². The van der Waals surface area contributed by atoms with Gasteiger partial charge >= 0.3 is 18.0 Å². The van der Waals surface area contributed by atoms with Crippen LogP contribution in [0.15, 0.2) is 12.1 Å². The third kappa shape index (κ3) is 4.21. The number of fused-ring (bicyclic) bond motifs is 1. The first-order valence-electron chi connectivity index (χ1n) is 10.4. The van der Waals surface area contributed by atoms with Crippen molar-refractivity contribution in [3.8, 4) is 16.9 Å². The van der Waals surface area contributed by atoms with Crippen LogP contribution in [-0.4, -0.2) is 55.0 Å². The number of benzene rings is 2. The molecule has 4 rings (SSSR count). The first kappa shape index (κ1) is 26.2. The van der Waals surface area contributed by atoms with Gasteiger partial charge in [0.05, 0.1) is 18.4 Å². The number of likely N-dealkylation sites (tertiary alicyclic amines) is 1. The van der Waals surface area contributed by atoms with Crippen molar-refractivity contribution in [1.29, 1.82) is 0 Å². The molecular weight excluding hydrogens is 524 g/mol. The number of amides is 2. The highest BCUT2D eigenvalue weighted by molar-refractivity contribution is 6.05. The molecule has 37 heavy (non-hydrogen) atoms. The van der Waals surface area contributed by atoms with Crippen LogP contribution in [0.1, 0.15) is 12.8 Å². The van der Waals surface area contributed by atoms with E-state index >= 15 is 0 Å². The topological polar surface area (TPSA) is 76.2 Å². The number of hydrogen-bond donors (Lipinski definition) is 0. The number of methoxy groups -OCH3 is 1. The molecule has 15 heteroatoms. The molecule has 7 nitrogen and oxygen atoms in total. The van der Waals surface area contributed by atoms with Crippen LogP contribution < -0.4 is 9.64 Å². The van der Waals surface area contributed by atoms with E-state index in [0.29, 0.717) is 12.5 Å². The summed E-state index contributed by atoms with van der Waals surface area (Å²) >= 11 is 0. The van der Waals surface area contributed by atoms with Crippen LogP contribution in [0.25, 0.3) is 11.1 Å². The summed E-state index contributed by atoms with van der Waals surface area (Å²) in [7, 11) is 1.06. The van der Waals surface area contributed by atoms with E-state index in [0.717, 1.165) is 12.0 Å². The maximum Gasteiger partial charge on any atom is 0.482 e. The van der Waals surface area contributed by atoms with Crippen molar-refractivity contribution in [3.63, 3.8) is 0 Å². The largest absolute Gasteiger partial charge is 0.482 e. The van der Waals surface area contributed by atoms with Crippen LogP contribution in [0, 0.1) is 34.9 Å². The molecule has 1 atom stereocenters. The SMILES string of the molecule is COC(=O)[C@H]1CCCN1C(=O)CN1C(=O)C(F)(F)Oc2cc(F)c(-c3c(F)c(F)c(F)c(F)c3F)cc21. The van der Waals surface area contributed by atoms with Crippen molar-refractivity contribution >= 4 is 23.5 Å². The van der Waals surface area contributed by atoms with Gasteiger partial charge in [0, 0.05) is 18.2 Å². The fourth-order valence-electron chi connectivity index (χ4n) is 4.15. The molecule has 198 valence electrons. The van der Waals surface area contributed by atoms with E-state index in [1.54, 1.807) is 0 Å². The first-order chi connectivity index (χ1) is 17.3. The second-order valence-electron chi connectivity index (χ2n) is 8.02. The van der Waals surface area contributed by atoms with Crippen LogP contribution in [0.4, 0.5) is 40.8 Å². The van der Waals surface area contributed by atoms with E-state index in [1.165, 1.54) is 0 Å². The summed E-state index contributed by atoms with van der Waals surface area (Å²) in [5.74, 6) is -18.9. The molecule has 2 aliphatic heterocycles. The Morgan fingerprint density at radius 3 is 2.22 bits per heavy atom. The summed E-state index contributed by atoms with van der Waals surface area (Å²) in [5.41, 5.74) is -3.85. The zero-order chi connectivity index (χ0) is 27.4. The summed E-state index contributed by atoms with van der Waals surface area (Å²) in [4.78, 5) is 38.3. The molecule has 2 amide bonds. The average Bonchev–Trinajstić information content (AvgIpc) is 3.34. The van der Waals surface area contributed by atoms with Gasteiger partial charge in [-0.2, -0.15) is 8.78 Å². The highest BCUT2D eigenvalue weighted by atomic mass is 19.3. The average molecular weight is 538 g/mol. The first-order valence-corrected chi connectivity index (χ1v) is 10.4. The van der Waals surface area contributed by atoms with Gasteiger partial charge in [-0.15, -0.1) is 0 Å². The van der Waals surface area contributed by atoms with Crippen molar-refractivity contribution in [3.05, 3.63) is 47.0 Å². The van der Waals surface area contributed by atoms with Gasteiger partial charge in [-0.05, 0) is 18.9 Å². The summed E-state index contributed by atoms with van der Waals surface area (Å²) < 4.78 is 122. The van der Waals surface area contributed by atoms with E-state index < -0.39 is 93.9 Å². The van der Waals surface area contributed by atoms with Crippen LogP contribution in [0.2, 0.25) is 0 Å². The Bertz CT molecular complexity index is 1310. The smallest absolute Gasteiger partial charge is 0.467 e. The van der Waals surface area contributed by atoms with Crippen LogP contribution in [0.5, 0.6) is 5.75 Å². The van der Waals surface area contributed by atoms with Crippen molar-refractivity contribution < 1.29 is 59.0 Å². The third-order valence-corrected chi connectivity index (χ3v) is 5.89. The Morgan fingerprint density at radius 1 is 1.03 bits per heavy atom. The van der Waals surface area contributed by atoms with E-state index in [-0.39, 0.29) is 23.9 Å². The Labute approximate surface area is 202 Å². The number of anilines is 1. The number of rotatable bonds is 4. The zero-order valence-corrected chi connectivity index (χ0v) is 18.5. The van der Waals surface area contributed by atoms with E-state index in [2.05, 4.69) is 9.47 Å². The summed E-state index contributed by atoms with van der Waals surface area (Å²) in [6.45, 7) is -1.17. The van der Waals surface area contributed by atoms with Crippen molar-refractivity contribution in [2.75, 3.05) is 25.1 Å². The van der Waals surface area contributed by atoms with Gasteiger partial charge < -0.3 is 14.4 Å². The van der Waals surface area contributed by atoms with Gasteiger partial charge in [0.2, 0.25) is 11.7 Å². The quantitative estimate of drug-likeness (QED) is 0.257. The summed E-state index contributed by atoms with van der Waals surface area (Å²) in [6.07, 6.45) is -4.10. The number of nitrogens with zero attached hydrogens (tertiary/aromatic N) is 2. The highest BCUT2D eigenvalue weighted by Gasteiger charge is 2.52. The normalized spacial score (nSPS) is 18.5. The second kappa shape index (κ2) is 9.19. The molecule has 2 aromatic rings. The Hall–Kier alpha value is -3.91. The maximum absolute atomic E-state index is 14.7. The summed E-state index contributed by atoms with van der Waals surface area (Å²) in [6, 6.07) is -0.593. The van der Waals surface area contributed by atoms with Gasteiger partial charge in [0.15, 0.2) is 29.0 Å². The molecule has 0 aliphatic carbocycles. The minimum absolute atomic E-state index is 0.000393. The number of ether oxygens (including phenoxy) is 2. The molecular formula is C22H14F8N2O5. The number of esters is 1. The lowest BCUT2D eigenvalue weighted by atomic mass is 10.0. The monoisotopic (exact) mass is 538 g/mol. The molecule has 0 spiro atoms. The van der Waals surface area contributed by atoms with Gasteiger partial charge in [0.1, 0.15) is 18.4 Å². The number of alkyl halides is 2. The van der Waals surface area contributed by atoms with Gasteiger partial charge in [0.25, 0.3) is 0 Å². The number of hydrogen-bond acceptors (Lipinski definition) is 5. The van der Waals surface area contributed by atoms with Crippen LogP contribution in [0.3, 0.4) is 0 Å². The Morgan fingerprint density at radius 2 is 1.62 bits per heavy atom. The minimum atomic E-state index is -4.61. The standard InChI is InChI=1S/C22H14F8N2O5/c1-36-20(34)10-3-2-4-31(10)13(33)7-32-11-5-8(9(23)6-12(11)37-22(29,30)21(32)35)14-15(24)17(26)19(28)18(27)16(14)25/h5-6,10H,2-4,7H2,1H3/t10-/m1/s1. The number of carbonyl (C=O) groups excluding carboxylic acids is 3. The maximum atomic E-state index is 14.7. The minimum Gasteiger partial charge on any atom is -0.467 e. The molecule has 0 radical (unpaired) electrons. The Kier molecular flexibility index (Phi) is 6.50. The lowest BCUT2D eigenvalue weighted by molar-refractivity contribution is -0.193. The molecule has 0 unspecified atom stereocenters. The molecule has 2 aliphatic rings. The van der Waals surface area contributed by atoms with E-state index in [1.807, 2.05) is 0 Å². The third-order valence-electron chi connectivity index (χ3n) is 5.89. The van der Waals surface area contributed by atoms with Crippen LogP contribution in [-0.2, 0) is 19.1 Å². The fourth-order valence-corrected chi connectivity index (χ4v) is 4.15. The molecule has 2 aromatic carbocycles. The number of halogens is 8. The van der Waals surface area contributed by atoms with Crippen molar-refractivity contribution in [1.82, 2.24) is 4.90 Å². The Balaban J connectivity index is 1.82. The lowest BCUT2D eigenvalue weighted by Gasteiger charge is -2.34. The number of carbonyl (C=O) groups is 3. The second-order valence-corrected chi connectivity index (χ2v) is 8.02. The molecule has 0 aromatic heterocycles. The highest BCUT2D eigenvalue weighted by Crippen LogP contribution is 2.44. The predicted octanol–water partition coefficient (Wildman–Crippen LogP) is 3.67. The summed E-state index contributed by atoms with van der Waals surface area (Å²) in [5, 5.41) is 0. The van der Waals surface area contributed by atoms with E-state index in [9.17, 15) is 49.5 Å². The van der Waals surface area contributed by atoms with Gasteiger partial charge in [-0.25, -0.2) is 31.1 Å². The zero-order valence-electron chi connectivity index (χ0n) is 18.5. The molecule has 2 heterocycles. The predicted molar refractivity (Wildman–Crippen MR) is 106 cm³/mol. The fraction of sp³-hybridized carbons (Fsp3) is 0.318. The van der Waals surface area contributed by atoms with Gasteiger partial charge in [-0.3, -0.25) is 14.5 Å². The van der Waals surface area contributed by atoms with Crippen molar-refractivity contribution in [2.24, 2.45) is 0 Å². The molecule has 1 fully saturated rings. The molecule has 0 saturated carbocycles. The molecule has 0 bridgehead atoms. The lowest BCUT2D eigenvalue weighted by Crippen LogP contribution is -2.55.